The minimum atomic E-state index is -0.340. The van der Waals surface area contributed by atoms with Crippen molar-refractivity contribution in [3.05, 3.63) is 48.3 Å². The molecule has 0 aliphatic carbocycles. The number of benzene rings is 1. The second-order valence-corrected chi connectivity index (χ2v) is 6.66. The number of hydrogen-bond acceptors (Lipinski definition) is 6. The van der Waals surface area contributed by atoms with Crippen molar-refractivity contribution in [2.75, 3.05) is 32.7 Å². The summed E-state index contributed by atoms with van der Waals surface area (Å²) >= 11 is 0. The van der Waals surface area contributed by atoms with Gasteiger partial charge in [0.05, 0.1) is 0 Å². The lowest BCUT2D eigenvalue weighted by atomic mass is 9.97. The summed E-state index contributed by atoms with van der Waals surface area (Å²) in [4.78, 5) is 14.3. The molecule has 7 heteroatoms. The van der Waals surface area contributed by atoms with Crippen molar-refractivity contribution >= 4 is 6.09 Å². The van der Waals surface area contributed by atoms with Crippen molar-refractivity contribution < 1.29 is 9.53 Å². The summed E-state index contributed by atoms with van der Waals surface area (Å²) in [5.74, 6) is 6.26. The Balaban J connectivity index is 1.53. The Kier molecular flexibility index (Phi) is 8.78. The third-order valence-electron chi connectivity index (χ3n) is 4.62. The Hall–Kier alpha value is -2.25. The molecule has 0 unspecified atom stereocenters. The molecule has 1 heterocycles. The number of hydrazine groups is 1. The molecule has 1 aromatic carbocycles. The molecule has 1 fully saturated rings. The second kappa shape index (κ2) is 11.4. The van der Waals surface area contributed by atoms with Crippen LogP contribution in [0.5, 0.6) is 0 Å². The molecule has 5 N–H and O–H groups in total. The molecule has 1 aromatic rings. The minimum Gasteiger partial charge on any atom is -0.445 e. The first-order chi connectivity index (χ1) is 12.7. The molecule has 0 saturated carbocycles. The van der Waals surface area contributed by atoms with E-state index in [-0.39, 0.29) is 6.09 Å². The van der Waals surface area contributed by atoms with Crippen LogP contribution in [0.15, 0.2) is 42.7 Å². The number of carbonyl (C=O) groups excluding carboxylic acids is 1. The predicted molar refractivity (Wildman–Crippen MR) is 103 cm³/mol. The van der Waals surface area contributed by atoms with Crippen LogP contribution in [0, 0.1) is 5.92 Å². The van der Waals surface area contributed by atoms with Gasteiger partial charge in [-0.1, -0.05) is 30.3 Å². The molecule has 1 aliphatic rings. The highest BCUT2D eigenvalue weighted by atomic mass is 16.5. The molecule has 26 heavy (non-hydrogen) atoms. The molecule has 0 bridgehead atoms. The van der Waals surface area contributed by atoms with Gasteiger partial charge < -0.3 is 25.7 Å². The van der Waals surface area contributed by atoms with Gasteiger partial charge in [-0.3, -0.25) is 0 Å². The summed E-state index contributed by atoms with van der Waals surface area (Å²) in [5, 5.41) is 4.50. The van der Waals surface area contributed by atoms with E-state index in [0.717, 1.165) is 51.0 Å². The average Bonchev–Trinajstić information content (AvgIpc) is 2.67. The molecule has 7 nitrogen and oxygen atoms in total. The van der Waals surface area contributed by atoms with E-state index in [1.54, 1.807) is 11.2 Å². The molecule has 144 valence electrons. The van der Waals surface area contributed by atoms with Gasteiger partial charge in [-0.25, -0.2) is 10.6 Å². The van der Waals surface area contributed by atoms with Crippen LogP contribution >= 0.6 is 0 Å². The van der Waals surface area contributed by atoms with E-state index in [4.69, 9.17) is 16.3 Å². The number of alkyl carbamates (subject to hydrolysis) is 1. The lowest BCUT2D eigenvalue weighted by Gasteiger charge is -2.32. The molecule has 0 spiro atoms. The van der Waals surface area contributed by atoms with E-state index < -0.39 is 0 Å². The average molecular weight is 361 g/mol. The normalized spacial score (nSPS) is 15.9. The summed E-state index contributed by atoms with van der Waals surface area (Å²) in [6, 6.07) is 9.70. The monoisotopic (exact) mass is 361 g/mol. The number of ether oxygens (including phenoxy) is 1. The van der Waals surface area contributed by atoms with E-state index in [0.29, 0.717) is 19.1 Å². The van der Waals surface area contributed by atoms with Crippen LogP contribution in [-0.2, 0) is 11.3 Å². The van der Waals surface area contributed by atoms with Gasteiger partial charge >= 0.3 is 6.09 Å². The highest BCUT2D eigenvalue weighted by molar-refractivity contribution is 5.67. The summed E-state index contributed by atoms with van der Waals surface area (Å²) in [6.07, 6.45) is 5.97. The first-order valence-electron chi connectivity index (χ1n) is 9.24. The zero-order chi connectivity index (χ0) is 18.6. The van der Waals surface area contributed by atoms with Crippen molar-refractivity contribution in [1.82, 2.24) is 15.2 Å². The van der Waals surface area contributed by atoms with E-state index in [1.807, 2.05) is 30.3 Å². The summed E-state index contributed by atoms with van der Waals surface area (Å²) in [6.45, 7) is 4.93. The number of nitrogens with one attached hydrogen (secondary N) is 1. The van der Waals surface area contributed by atoms with E-state index in [1.165, 1.54) is 6.20 Å². The van der Waals surface area contributed by atoms with Crippen molar-refractivity contribution in [1.29, 1.82) is 0 Å². The highest BCUT2D eigenvalue weighted by Gasteiger charge is 2.19. The maximum Gasteiger partial charge on any atom is 0.407 e. The third-order valence-corrected chi connectivity index (χ3v) is 4.62. The minimum absolute atomic E-state index is 0.308. The van der Waals surface area contributed by atoms with Gasteiger partial charge in [0, 0.05) is 25.5 Å². The fourth-order valence-corrected chi connectivity index (χ4v) is 3.08. The van der Waals surface area contributed by atoms with Gasteiger partial charge in [-0.2, -0.15) is 0 Å². The molecule has 0 aromatic heterocycles. The molecule has 2 rings (SSSR count). The number of piperidine rings is 1. The number of likely N-dealkylation sites (tertiary alicyclic amines) is 1. The molecule has 0 atom stereocenters. The van der Waals surface area contributed by atoms with E-state index in [2.05, 4.69) is 10.2 Å². The fourth-order valence-electron chi connectivity index (χ4n) is 3.08. The maximum absolute atomic E-state index is 11.8. The van der Waals surface area contributed by atoms with Crippen LogP contribution in [0.2, 0.25) is 0 Å². The van der Waals surface area contributed by atoms with Crippen molar-refractivity contribution in [2.45, 2.75) is 25.9 Å². The lowest BCUT2D eigenvalue weighted by Crippen LogP contribution is -2.40. The lowest BCUT2D eigenvalue weighted by molar-refractivity contribution is 0.132. The smallest absolute Gasteiger partial charge is 0.407 e. The Morgan fingerprint density at radius 3 is 2.73 bits per heavy atom. The van der Waals surface area contributed by atoms with E-state index in [9.17, 15) is 4.79 Å². The molecule has 1 saturated heterocycles. The number of rotatable bonds is 9. The van der Waals surface area contributed by atoms with Gasteiger partial charge in [0.25, 0.3) is 0 Å². The van der Waals surface area contributed by atoms with Crippen LogP contribution in [0.1, 0.15) is 24.8 Å². The largest absolute Gasteiger partial charge is 0.445 e. The highest BCUT2D eigenvalue weighted by Crippen LogP contribution is 2.16. The molecule has 1 amide bonds. The van der Waals surface area contributed by atoms with E-state index >= 15 is 0 Å². The van der Waals surface area contributed by atoms with Crippen molar-refractivity contribution in [3.8, 4) is 0 Å². The quantitative estimate of drug-likeness (QED) is 0.457. The third kappa shape index (κ3) is 7.76. The number of carbonyl (C=O) groups is 1. The summed E-state index contributed by atoms with van der Waals surface area (Å²) in [7, 11) is 0. The first kappa shape index (κ1) is 20.1. The molecular weight excluding hydrogens is 330 g/mol. The van der Waals surface area contributed by atoms with Crippen molar-refractivity contribution in [2.24, 2.45) is 17.5 Å². The predicted octanol–water partition coefficient (Wildman–Crippen LogP) is 1.62. The van der Waals surface area contributed by atoms with Crippen LogP contribution in [0.25, 0.3) is 0 Å². The number of hydrogen-bond donors (Lipinski definition) is 3. The first-order valence-corrected chi connectivity index (χ1v) is 9.24. The standard InChI is InChI=1S/C19H31N5O2/c20-9-14-24(21)11-4-10-23-12-7-17(8-13-23)15-22-19(25)26-16-18-5-2-1-3-6-18/h1-3,5-6,9,14,17H,4,7-8,10-13,15-16,20-21H2,(H,22,25)/b14-9-. The molecular formula is C19H31N5O2. The Morgan fingerprint density at radius 1 is 1.31 bits per heavy atom. The van der Waals surface area contributed by atoms with Gasteiger partial charge in [0.15, 0.2) is 0 Å². The Bertz CT molecular complexity index is 544. The van der Waals surface area contributed by atoms with Gasteiger partial charge in [-0.05, 0) is 50.4 Å². The van der Waals surface area contributed by atoms with Crippen molar-refractivity contribution in [3.63, 3.8) is 0 Å². The second-order valence-electron chi connectivity index (χ2n) is 6.66. The van der Waals surface area contributed by atoms with Crippen LogP contribution in [0.3, 0.4) is 0 Å². The molecule has 0 radical (unpaired) electrons. The Labute approximate surface area is 155 Å². The fraction of sp³-hybridized carbons (Fsp3) is 0.526. The van der Waals surface area contributed by atoms with Gasteiger partial charge in [0.1, 0.15) is 6.61 Å². The molecule has 1 aliphatic heterocycles. The van der Waals surface area contributed by atoms with Gasteiger partial charge in [0.2, 0.25) is 0 Å². The number of nitrogens with zero attached hydrogens (tertiary/aromatic N) is 2. The Morgan fingerprint density at radius 2 is 2.04 bits per heavy atom. The zero-order valence-electron chi connectivity index (χ0n) is 15.3. The zero-order valence-corrected chi connectivity index (χ0v) is 15.3. The number of amides is 1. The van der Waals surface area contributed by atoms with Crippen LogP contribution < -0.4 is 16.9 Å². The number of nitrogens with two attached hydrogens (primary N) is 2. The maximum atomic E-state index is 11.8. The summed E-state index contributed by atoms with van der Waals surface area (Å²) < 4.78 is 5.24. The SMILES string of the molecule is N/C=C\N(N)CCCN1CCC(CNC(=O)OCc2ccccc2)CC1. The topological polar surface area (TPSA) is 96.9 Å². The van der Waals surface area contributed by atoms with Crippen LogP contribution in [-0.4, -0.2) is 48.7 Å². The van der Waals surface area contributed by atoms with Gasteiger partial charge in [-0.15, -0.1) is 0 Å². The van der Waals surface area contributed by atoms with Crippen LogP contribution in [0.4, 0.5) is 4.79 Å². The summed E-state index contributed by atoms with van der Waals surface area (Å²) in [5.41, 5.74) is 6.30.